The summed E-state index contributed by atoms with van der Waals surface area (Å²) in [5.74, 6) is 1.05. The van der Waals surface area contributed by atoms with Gasteiger partial charge in [-0.25, -0.2) is 0 Å². The number of para-hydroxylation sites is 1. The van der Waals surface area contributed by atoms with Crippen LogP contribution in [0.25, 0.3) is 11.4 Å². The number of furan rings is 1. The third-order valence-corrected chi connectivity index (χ3v) is 6.03. The van der Waals surface area contributed by atoms with E-state index < -0.39 is 0 Å². The Labute approximate surface area is 195 Å². The first-order valence-electron chi connectivity index (χ1n) is 10.3. The number of aromatic nitrogens is 3. The summed E-state index contributed by atoms with van der Waals surface area (Å²) in [6, 6.07) is 18.4. The van der Waals surface area contributed by atoms with Crippen molar-refractivity contribution >= 4 is 29.3 Å². The zero-order valence-corrected chi connectivity index (χ0v) is 19.1. The zero-order chi connectivity index (χ0) is 23.2. The maximum Gasteiger partial charge on any atom is 0.253 e. The molecule has 0 aliphatic carbocycles. The van der Waals surface area contributed by atoms with E-state index in [9.17, 15) is 9.59 Å². The quantitative estimate of drug-likeness (QED) is 0.384. The van der Waals surface area contributed by atoms with Gasteiger partial charge in [-0.1, -0.05) is 54.2 Å². The highest BCUT2D eigenvalue weighted by atomic mass is 32.2. The molecule has 0 bridgehead atoms. The predicted molar refractivity (Wildman–Crippen MR) is 127 cm³/mol. The van der Waals surface area contributed by atoms with Gasteiger partial charge in [0.15, 0.2) is 11.0 Å². The number of aryl methyl sites for hydroxylation is 1. The minimum atomic E-state index is -0.254. The Morgan fingerprint density at radius 3 is 2.55 bits per heavy atom. The first kappa shape index (κ1) is 22.3. The van der Waals surface area contributed by atoms with Crippen molar-refractivity contribution in [1.29, 1.82) is 0 Å². The Bertz CT molecular complexity index is 1270. The number of hydrogen-bond donors (Lipinski definition) is 2. The first-order chi connectivity index (χ1) is 16.0. The van der Waals surface area contributed by atoms with Crippen molar-refractivity contribution in [2.45, 2.75) is 18.6 Å². The molecule has 9 heteroatoms. The molecule has 0 saturated heterocycles. The second kappa shape index (κ2) is 10.2. The van der Waals surface area contributed by atoms with Gasteiger partial charge in [0, 0.05) is 13.6 Å². The molecule has 2 heterocycles. The number of nitrogens with zero attached hydrogens (tertiary/aromatic N) is 3. The number of benzene rings is 2. The molecule has 4 rings (SSSR count). The molecule has 4 aromatic rings. The highest BCUT2D eigenvalue weighted by molar-refractivity contribution is 7.99. The Morgan fingerprint density at radius 1 is 1.03 bits per heavy atom. The summed E-state index contributed by atoms with van der Waals surface area (Å²) in [7, 11) is 1.84. The van der Waals surface area contributed by atoms with E-state index in [2.05, 4.69) is 20.8 Å². The second-order valence-corrected chi connectivity index (χ2v) is 8.25. The standard InChI is InChI=1S/C24H23N5O3S/c1-16-18(12-13-32-16)22-27-28-24(29(22)2)33-15-21(30)26-20-11-7-6-10-19(20)23(31)25-14-17-8-4-3-5-9-17/h3-13H,14-15H2,1-2H3,(H,25,31)(H,26,30). The van der Waals surface area contributed by atoms with Crippen LogP contribution in [-0.2, 0) is 18.4 Å². The van der Waals surface area contributed by atoms with Gasteiger partial charge in [-0.15, -0.1) is 10.2 Å². The number of nitrogens with one attached hydrogen (secondary N) is 2. The van der Waals surface area contributed by atoms with Gasteiger partial charge in [-0.2, -0.15) is 0 Å². The monoisotopic (exact) mass is 461 g/mol. The largest absolute Gasteiger partial charge is 0.469 e. The van der Waals surface area contributed by atoms with Gasteiger partial charge in [0.2, 0.25) is 5.91 Å². The van der Waals surface area contributed by atoms with Crippen LogP contribution in [0.3, 0.4) is 0 Å². The van der Waals surface area contributed by atoms with Crippen LogP contribution in [0.4, 0.5) is 5.69 Å². The fourth-order valence-corrected chi connectivity index (χ4v) is 3.98. The van der Waals surface area contributed by atoms with E-state index >= 15 is 0 Å². The minimum absolute atomic E-state index is 0.121. The molecule has 2 N–H and O–H groups in total. The van der Waals surface area contributed by atoms with Crippen molar-refractivity contribution < 1.29 is 14.0 Å². The van der Waals surface area contributed by atoms with Gasteiger partial charge >= 0.3 is 0 Å². The summed E-state index contributed by atoms with van der Waals surface area (Å²) in [6.45, 7) is 2.26. The molecule has 0 radical (unpaired) electrons. The number of carbonyl (C=O) groups is 2. The number of rotatable bonds is 8. The molecule has 0 aliphatic rings. The number of anilines is 1. The van der Waals surface area contributed by atoms with E-state index in [1.807, 2.05) is 54.9 Å². The molecule has 0 atom stereocenters. The Balaban J connectivity index is 1.37. The number of amides is 2. The van der Waals surface area contributed by atoms with E-state index in [0.29, 0.717) is 28.8 Å². The number of hydrogen-bond acceptors (Lipinski definition) is 6. The molecule has 0 unspecified atom stereocenters. The van der Waals surface area contributed by atoms with Crippen molar-refractivity contribution in [1.82, 2.24) is 20.1 Å². The third kappa shape index (κ3) is 5.32. The fraction of sp³-hybridized carbons (Fsp3) is 0.167. The summed E-state index contributed by atoms with van der Waals surface area (Å²) in [5, 5.41) is 14.7. The van der Waals surface area contributed by atoms with E-state index in [-0.39, 0.29) is 17.6 Å². The summed E-state index contributed by atoms with van der Waals surface area (Å²) < 4.78 is 7.16. The first-order valence-corrected chi connectivity index (χ1v) is 11.3. The summed E-state index contributed by atoms with van der Waals surface area (Å²) in [5.41, 5.74) is 2.72. The zero-order valence-electron chi connectivity index (χ0n) is 18.2. The molecule has 2 aromatic carbocycles. The predicted octanol–water partition coefficient (Wildman–Crippen LogP) is 4.04. The maximum absolute atomic E-state index is 12.7. The van der Waals surface area contributed by atoms with Crippen LogP contribution < -0.4 is 10.6 Å². The molecule has 0 spiro atoms. The van der Waals surface area contributed by atoms with Crippen molar-refractivity contribution in [3.63, 3.8) is 0 Å². The summed E-state index contributed by atoms with van der Waals surface area (Å²) in [4.78, 5) is 25.3. The van der Waals surface area contributed by atoms with Crippen LogP contribution in [-0.4, -0.2) is 32.3 Å². The molecule has 168 valence electrons. The second-order valence-electron chi connectivity index (χ2n) is 7.31. The third-order valence-electron chi connectivity index (χ3n) is 5.01. The van der Waals surface area contributed by atoms with Crippen molar-refractivity contribution in [2.24, 2.45) is 7.05 Å². The van der Waals surface area contributed by atoms with Crippen LogP contribution in [0.5, 0.6) is 0 Å². The molecule has 0 aliphatic heterocycles. The van der Waals surface area contributed by atoms with E-state index in [1.54, 1.807) is 30.5 Å². The molecular formula is C24H23N5O3S. The highest BCUT2D eigenvalue weighted by Crippen LogP contribution is 2.26. The van der Waals surface area contributed by atoms with Gasteiger partial charge in [-0.05, 0) is 30.7 Å². The van der Waals surface area contributed by atoms with E-state index in [0.717, 1.165) is 16.9 Å². The molecule has 33 heavy (non-hydrogen) atoms. The van der Waals surface area contributed by atoms with Crippen molar-refractivity contribution in [3.05, 3.63) is 83.8 Å². The Kier molecular flexibility index (Phi) is 6.89. The van der Waals surface area contributed by atoms with Crippen LogP contribution in [0.2, 0.25) is 0 Å². The van der Waals surface area contributed by atoms with Crippen LogP contribution in [0.1, 0.15) is 21.7 Å². The van der Waals surface area contributed by atoms with Crippen LogP contribution in [0, 0.1) is 6.92 Å². The highest BCUT2D eigenvalue weighted by Gasteiger charge is 2.17. The minimum Gasteiger partial charge on any atom is -0.469 e. The van der Waals surface area contributed by atoms with Gasteiger partial charge in [0.1, 0.15) is 5.76 Å². The SMILES string of the molecule is Cc1occc1-c1nnc(SCC(=O)Nc2ccccc2C(=O)NCc2ccccc2)n1C. The lowest BCUT2D eigenvalue weighted by Gasteiger charge is -2.11. The van der Waals surface area contributed by atoms with Crippen LogP contribution >= 0.6 is 11.8 Å². The normalized spacial score (nSPS) is 10.7. The topological polar surface area (TPSA) is 102 Å². The number of carbonyl (C=O) groups excluding carboxylic acids is 2. The van der Waals surface area contributed by atoms with Gasteiger partial charge in [0.05, 0.1) is 28.8 Å². The average Bonchev–Trinajstić information content (AvgIpc) is 3.41. The van der Waals surface area contributed by atoms with Crippen LogP contribution in [0.15, 0.2) is 76.5 Å². The number of thioether (sulfide) groups is 1. The average molecular weight is 462 g/mol. The summed E-state index contributed by atoms with van der Waals surface area (Å²) >= 11 is 1.27. The Morgan fingerprint density at radius 2 is 1.79 bits per heavy atom. The maximum atomic E-state index is 12.7. The van der Waals surface area contributed by atoms with E-state index in [1.165, 1.54) is 11.8 Å². The van der Waals surface area contributed by atoms with Gasteiger partial charge < -0.3 is 19.6 Å². The van der Waals surface area contributed by atoms with Gasteiger partial charge in [0.25, 0.3) is 5.91 Å². The molecule has 2 amide bonds. The lowest BCUT2D eigenvalue weighted by Crippen LogP contribution is -2.25. The van der Waals surface area contributed by atoms with Crippen molar-refractivity contribution in [3.8, 4) is 11.4 Å². The molecule has 0 fully saturated rings. The summed E-state index contributed by atoms with van der Waals surface area (Å²) in [6.07, 6.45) is 1.60. The Hall–Kier alpha value is -3.85. The lowest BCUT2D eigenvalue weighted by atomic mass is 10.1. The van der Waals surface area contributed by atoms with E-state index in [4.69, 9.17) is 4.42 Å². The van der Waals surface area contributed by atoms with Crippen molar-refractivity contribution in [2.75, 3.05) is 11.1 Å². The smallest absolute Gasteiger partial charge is 0.253 e. The van der Waals surface area contributed by atoms with Gasteiger partial charge in [-0.3, -0.25) is 9.59 Å². The fourth-order valence-electron chi connectivity index (χ4n) is 3.27. The molecule has 2 aromatic heterocycles. The molecule has 0 saturated carbocycles. The molecular weight excluding hydrogens is 438 g/mol. The molecule has 8 nitrogen and oxygen atoms in total. The lowest BCUT2D eigenvalue weighted by molar-refractivity contribution is -0.113.